The summed E-state index contributed by atoms with van der Waals surface area (Å²) in [6, 6.07) is 1.71. The van der Waals surface area contributed by atoms with Gasteiger partial charge < -0.3 is 5.11 Å². The van der Waals surface area contributed by atoms with Crippen LogP contribution in [0.2, 0.25) is 10.0 Å². The lowest BCUT2D eigenvalue weighted by Gasteiger charge is -2.14. The van der Waals surface area contributed by atoms with Crippen molar-refractivity contribution >= 4 is 39.2 Å². The van der Waals surface area contributed by atoms with Gasteiger partial charge in [0.1, 0.15) is 4.90 Å². The second-order valence-corrected chi connectivity index (χ2v) is 7.31. The molecule has 1 aliphatic carbocycles. The summed E-state index contributed by atoms with van der Waals surface area (Å²) in [6.07, 6.45) is 0.997. The molecule has 1 aromatic carbocycles. The van der Waals surface area contributed by atoms with Crippen molar-refractivity contribution in [3.8, 4) is 0 Å². The molecule has 2 unspecified atom stereocenters. The fourth-order valence-electron chi connectivity index (χ4n) is 2.31. The van der Waals surface area contributed by atoms with Crippen molar-refractivity contribution < 1.29 is 22.7 Å². The Morgan fingerprint density at radius 3 is 2.57 bits per heavy atom. The number of nitrogens with one attached hydrogen (secondary N) is 1. The Hall–Kier alpha value is -0.890. The number of halogens is 3. The highest BCUT2D eigenvalue weighted by molar-refractivity contribution is 7.89. The van der Waals surface area contributed by atoms with E-state index in [0.29, 0.717) is 12.8 Å². The van der Waals surface area contributed by atoms with Crippen molar-refractivity contribution in [3.63, 3.8) is 0 Å². The van der Waals surface area contributed by atoms with Gasteiger partial charge in [-0.3, -0.25) is 4.79 Å². The Bertz CT molecular complexity index is 680. The highest BCUT2D eigenvalue weighted by Gasteiger charge is 2.33. The highest BCUT2D eigenvalue weighted by atomic mass is 35.5. The molecule has 0 radical (unpaired) electrons. The van der Waals surface area contributed by atoms with Gasteiger partial charge >= 0.3 is 5.97 Å². The highest BCUT2D eigenvalue weighted by Crippen LogP contribution is 2.31. The molecular formula is C12H12Cl2FNO4S. The van der Waals surface area contributed by atoms with Crippen LogP contribution in [0.15, 0.2) is 17.0 Å². The predicted molar refractivity (Wildman–Crippen MR) is 75.5 cm³/mol. The maximum Gasteiger partial charge on any atom is 0.306 e. The third-order valence-electron chi connectivity index (χ3n) is 3.39. The minimum Gasteiger partial charge on any atom is -0.481 e. The number of carboxylic acid groups (broad SMARTS) is 1. The van der Waals surface area contributed by atoms with Crippen molar-refractivity contribution in [2.45, 2.75) is 30.2 Å². The Morgan fingerprint density at radius 2 is 2.00 bits per heavy atom. The minimum atomic E-state index is -4.04. The third kappa shape index (κ3) is 3.48. The minimum absolute atomic E-state index is 0.197. The molecular weight excluding hydrogens is 344 g/mol. The molecule has 0 heterocycles. The number of benzene rings is 1. The second-order valence-electron chi connectivity index (χ2n) is 4.84. The molecule has 21 heavy (non-hydrogen) atoms. The summed E-state index contributed by atoms with van der Waals surface area (Å²) in [7, 11) is -4.04. The monoisotopic (exact) mass is 355 g/mol. The first-order valence-electron chi connectivity index (χ1n) is 6.11. The third-order valence-corrected chi connectivity index (χ3v) is 5.73. The molecule has 5 nitrogen and oxygen atoms in total. The van der Waals surface area contributed by atoms with Gasteiger partial charge in [-0.15, -0.1) is 0 Å². The van der Waals surface area contributed by atoms with Gasteiger partial charge in [-0.1, -0.05) is 23.2 Å². The molecule has 1 aliphatic rings. The fourth-order valence-corrected chi connectivity index (χ4v) is 4.34. The van der Waals surface area contributed by atoms with Crippen LogP contribution in [-0.2, 0) is 14.8 Å². The molecule has 2 atom stereocenters. The molecule has 2 rings (SSSR count). The number of sulfonamides is 1. The van der Waals surface area contributed by atoms with E-state index in [-0.39, 0.29) is 11.4 Å². The van der Waals surface area contributed by atoms with Gasteiger partial charge in [0.25, 0.3) is 0 Å². The van der Waals surface area contributed by atoms with Gasteiger partial charge in [0.05, 0.1) is 16.0 Å². The van der Waals surface area contributed by atoms with Crippen LogP contribution in [0.4, 0.5) is 4.39 Å². The lowest BCUT2D eigenvalue weighted by Crippen LogP contribution is -2.33. The molecule has 1 fully saturated rings. The SMILES string of the molecule is O=C(O)C1CCC(NS(=O)(=O)c2ccc(Cl)c(F)c2Cl)C1. The normalized spacial score (nSPS) is 22.4. The van der Waals surface area contributed by atoms with Gasteiger partial charge in [-0.2, -0.15) is 0 Å². The Balaban J connectivity index is 2.20. The van der Waals surface area contributed by atoms with Crippen LogP contribution in [0, 0.1) is 11.7 Å². The molecule has 2 N–H and O–H groups in total. The van der Waals surface area contributed by atoms with E-state index in [1.807, 2.05) is 0 Å². The largest absolute Gasteiger partial charge is 0.481 e. The van der Waals surface area contributed by atoms with Crippen LogP contribution in [0.3, 0.4) is 0 Å². The summed E-state index contributed by atoms with van der Waals surface area (Å²) < 4.78 is 40.3. The molecule has 1 saturated carbocycles. The quantitative estimate of drug-likeness (QED) is 0.813. The van der Waals surface area contributed by atoms with Gasteiger partial charge in [0.2, 0.25) is 10.0 Å². The molecule has 0 aromatic heterocycles. The summed E-state index contributed by atoms with van der Waals surface area (Å²) in [4.78, 5) is 10.4. The summed E-state index contributed by atoms with van der Waals surface area (Å²) in [5.74, 6) is -2.53. The van der Waals surface area contributed by atoms with Gasteiger partial charge in [0, 0.05) is 6.04 Å². The van der Waals surface area contributed by atoms with E-state index in [2.05, 4.69) is 4.72 Å². The van der Waals surface area contributed by atoms with E-state index >= 15 is 0 Å². The number of hydrogen-bond acceptors (Lipinski definition) is 3. The van der Waals surface area contributed by atoms with Crippen LogP contribution in [0.5, 0.6) is 0 Å². The molecule has 0 spiro atoms. The zero-order valence-electron chi connectivity index (χ0n) is 10.6. The van der Waals surface area contributed by atoms with E-state index < -0.39 is 43.7 Å². The molecule has 0 saturated heterocycles. The summed E-state index contributed by atoms with van der Waals surface area (Å²) in [5.41, 5.74) is 0. The van der Waals surface area contributed by atoms with E-state index in [9.17, 15) is 17.6 Å². The van der Waals surface area contributed by atoms with Crippen LogP contribution < -0.4 is 4.72 Å². The van der Waals surface area contributed by atoms with E-state index in [0.717, 1.165) is 12.1 Å². The smallest absolute Gasteiger partial charge is 0.306 e. The van der Waals surface area contributed by atoms with Crippen molar-refractivity contribution in [1.82, 2.24) is 4.72 Å². The predicted octanol–water partition coefficient (Wildman–Crippen LogP) is 2.66. The zero-order chi connectivity index (χ0) is 15.8. The summed E-state index contributed by atoms with van der Waals surface area (Å²) in [5, 5.41) is 8.04. The van der Waals surface area contributed by atoms with E-state index in [1.54, 1.807) is 0 Å². The molecule has 9 heteroatoms. The van der Waals surface area contributed by atoms with Gasteiger partial charge in [0.15, 0.2) is 5.82 Å². The maximum absolute atomic E-state index is 13.6. The Morgan fingerprint density at radius 1 is 1.33 bits per heavy atom. The first-order chi connectivity index (χ1) is 9.72. The maximum atomic E-state index is 13.6. The fraction of sp³-hybridized carbons (Fsp3) is 0.417. The second kappa shape index (κ2) is 6.08. The Labute approximate surface area is 131 Å². The lowest BCUT2D eigenvalue weighted by atomic mass is 10.1. The van der Waals surface area contributed by atoms with Crippen molar-refractivity contribution in [2.75, 3.05) is 0 Å². The van der Waals surface area contributed by atoms with Crippen molar-refractivity contribution in [3.05, 3.63) is 28.0 Å². The van der Waals surface area contributed by atoms with Crippen molar-refractivity contribution in [2.24, 2.45) is 5.92 Å². The molecule has 0 bridgehead atoms. The number of hydrogen-bond donors (Lipinski definition) is 2. The van der Waals surface area contributed by atoms with E-state index in [4.69, 9.17) is 28.3 Å². The number of rotatable bonds is 4. The van der Waals surface area contributed by atoms with E-state index in [1.165, 1.54) is 0 Å². The molecule has 116 valence electrons. The standard InChI is InChI=1S/C12H12Cl2FNO4S/c13-8-3-4-9(10(14)11(8)15)21(19,20)16-7-2-1-6(5-7)12(17)18/h3-4,6-7,16H,1-2,5H2,(H,17,18). The van der Waals surface area contributed by atoms with Crippen LogP contribution >= 0.6 is 23.2 Å². The number of aliphatic carboxylic acids is 1. The molecule has 0 aliphatic heterocycles. The number of carbonyl (C=O) groups is 1. The topological polar surface area (TPSA) is 83.5 Å². The van der Waals surface area contributed by atoms with Crippen LogP contribution in [-0.4, -0.2) is 25.5 Å². The van der Waals surface area contributed by atoms with Crippen LogP contribution in [0.1, 0.15) is 19.3 Å². The average molecular weight is 356 g/mol. The first kappa shape index (κ1) is 16.5. The van der Waals surface area contributed by atoms with Gasteiger partial charge in [-0.05, 0) is 31.4 Å². The van der Waals surface area contributed by atoms with Crippen LogP contribution in [0.25, 0.3) is 0 Å². The lowest BCUT2D eigenvalue weighted by molar-refractivity contribution is -0.141. The zero-order valence-corrected chi connectivity index (χ0v) is 13.0. The number of carboxylic acids is 1. The average Bonchev–Trinajstić information content (AvgIpc) is 2.83. The summed E-state index contributed by atoms with van der Waals surface area (Å²) >= 11 is 11.2. The van der Waals surface area contributed by atoms with Gasteiger partial charge in [-0.25, -0.2) is 17.5 Å². The molecule has 1 aromatic rings. The summed E-state index contributed by atoms with van der Waals surface area (Å²) in [6.45, 7) is 0. The Kier molecular flexibility index (Phi) is 4.77. The first-order valence-corrected chi connectivity index (χ1v) is 8.35. The van der Waals surface area contributed by atoms with Crippen molar-refractivity contribution in [1.29, 1.82) is 0 Å². The molecule has 0 amide bonds.